The van der Waals surface area contributed by atoms with Crippen molar-refractivity contribution in [3.05, 3.63) is 65.5 Å². The number of aromatic nitrogens is 3. The topological polar surface area (TPSA) is 55.7 Å². The maximum atomic E-state index is 5.60. The van der Waals surface area contributed by atoms with Gasteiger partial charge in [-0.2, -0.15) is 0 Å². The molecule has 0 aromatic carbocycles. The maximum Gasteiger partial charge on any atom is 0.175 e. The third kappa shape index (κ3) is 2.61. The molecule has 23 heavy (non-hydrogen) atoms. The van der Waals surface area contributed by atoms with Gasteiger partial charge >= 0.3 is 0 Å². The Morgan fingerprint density at radius 3 is 2.83 bits per heavy atom. The summed E-state index contributed by atoms with van der Waals surface area (Å²) in [7, 11) is 0. The van der Waals surface area contributed by atoms with E-state index in [0.717, 1.165) is 40.7 Å². The van der Waals surface area contributed by atoms with Gasteiger partial charge in [0.05, 0.1) is 0 Å². The summed E-state index contributed by atoms with van der Waals surface area (Å²) in [4.78, 5) is 9.08. The van der Waals surface area contributed by atoms with E-state index < -0.39 is 0 Å². The van der Waals surface area contributed by atoms with Gasteiger partial charge in [0.25, 0.3) is 0 Å². The minimum Gasteiger partial charge on any atom is -0.460 e. The van der Waals surface area contributed by atoms with Crippen LogP contribution in [0.25, 0.3) is 17.4 Å². The van der Waals surface area contributed by atoms with E-state index in [4.69, 9.17) is 4.42 Å². The number of pyridine rings is 1. The van der Waals surface area contributed by atoms with Crippen LogP contribution in [0.2, 0.25) is 0 Å². The third-order valence-electron chi connectivity index (χ3n) is 3.75. The summed E-state index contributed by atoms with van der Waals surface area (Å²) >= 11 is 0. The summed E-state index contributed by atoms with van der Waals surface area (Å²) in [6, 6.07) is 9.84. The van der Waals surface area contributed by atoms with Crippen molar-refractivity contribution in [2.45, 2.75) is 20.3 Å². The van der Waals surface area contributed by atoms with Gasteiger partial charge in [0.2, 0.25) is 0 Å². The highest BCUT2D eigenvalue weighted by atomic mass is 16.3. The van der Waals surface area contributed by atoms with Crippen LogP contribution >= 0.6 is 0 Å². The third-order valence-corrected chi connectivity index (χ3v) is 3.75. The highest BCUT2D eigenvalue weighted by molar-refractivity contribution is 6.04. The molecule has 0 saturated carbocycles. The zero-order valence-electron chi connectivity index (χ0n) is 13.0. The fraction of sp³-hybridized carbons (Fsp3) is 0.167. The number of hydrogen-bond acceptors (Lipinski definition) is 4. The van der Waals surface area contributed by atoms with E-state index in [9.17, 15) is 0 Å². The van der Waals surface area contributed by atoms with Gasteiger partial charge in [-0.1, -0.05) is 6.07 Å². The molecule has 3 aromatic heterocycles. The van der Waals surface area contributed by atoms with Crippen LogP contribution in [0, 0.1) is 13.8 Å². The highest BCUT2D eigenvalue weighted by Gasteiger charge is 2.11. The van der Waals surface area contributed by atoms with Crippen molar-refractivity contribution in [2.24, 2.45) is 4.99 Å². The molecule has 5 heteroatoms. The van der Waals surface area contributed by atoms with Crippen molar-refractivity contribution in [3.8, 4) is 0 Å². The Labute approximate surface area is 133 Å². The van der Waals surface area contributed by atoms with E-state index in [1.54, 1.807) is 0 Å². The molecule has 5 nitrogen and oxygen atoms in total. The monoisotopic (exact) mass is 304 g/mol. The highest BCUT2D eigenvalue weighted by Crippen LogP contribution is 2.24. The summed E-state index contributed by atoms with van der Waals surface area (Å²) in [6.45, 7) is 3.94. The van der Waals surface area contributed by atoms with Crippen molar-refractivity contribution >= 4 is 23.1 Å². The van der Waals surface area contributed by atoms with Crippen molar-refractivity contribution in [1.29, 1.82) is 0 Å². The fourth-order valence-electron chi connectivity index (χ4n) is 2.57. The van der Waals surface area contributed by atoms with Gasteiger partial charge in [-0.25, -0.2) is 14.5 Å². The van der Waals surface area contributed by atoms with Crippen LogP contribution in [0.15, 0.2) is 51.9 Å². The molecule has 0 amide bonds. The molecule has 3 aromatic rings. The van der Waals surface area contributed by atoms with Gasteiger partial charge in [0, 0.05) is 17.8 Å². The van der Waals surface area contributed by atoms with Gasteiger partial charge < -0.3 is 4.42 Å². The second-order valence-corrected chi connectivity index (χ2v) is 5.55. The minimum absolute atomic E-state index is 0.685. The molecule has 0 radical (unpaired) electrons. The summed E-state index contributed by atoms with van der Waals surface area (Å²) < 4.78 is 7.44. The summed E-state index contributed by atoms with van der Waals surface area (Å²) in [5.74, 6) is 2.39. The van der Waals surface area contributed by atoms with Crippen LogP contribution in [0.1, 0.15) is 29.5 Å². The Kier molecular flexibility index (Phi) is 3.19. The number of nitrogens with zero attached hydrogens (tertiary/aromatic N) is 4. The largest absolute Gasteiger partial charge is 0.460 e. The van der Waals surface area contributed by atoms with Crippen molar-refractivity contribution in [3.63, 3.8) is 0 Å². The summed E-state index contributed by atoms with van der Waals surface area (Å²) in [6.07, 6.45) is 6.72. The molecule has 0 atom stereocenters. The average molecular weight is 304 g/mol. The van der Waals surface area contributed by atoms with E-state index in [1.165, 1.54) is 0 Å². The zero-order chi connectivity index (χ0) is 15.8. The minimum atomic E-state index is 0.685. The maximum absolute atomic E-state index is 5.60. The first-order valence-electron chi connectivity index (χ1n) is 7.54. The van der Waals surface area contributed by atoms with E-state index in [-0.39, 0.29) is 0 Å². The van der Waals surface area contributed by atoms with E-state index >= 15 is 0 Å². The summed E-state index contributed by atoms with van der Waals surface area (Å²) in [5, 5.41) is 4.48. The number of rotatable bonds is 3. The lowest BCUT2D eigenvalue weighted by atomic mass is 10.2. The molecule has 0 fully saturated rings. The number of fused-ring (bicyclic) bond motifs is 1. The average Bonchev–Trinajstić information content (AvgIpc) is 3.23. The fourth-order valence-corrected chi connectivity index (χ4v) is 2.57. The van der Waals surface area contributed by atoms with Gasteiger partial charge in [-0.05, 0) is 56.3 Å². The smallest absolute Gasteiger partial charge is 0.175 e. The lowest BCUT2D eigenvalue weighted by molar-refractivity contribution is 0.521. The van der Waals surface area contributed by atoms with Crippen molar-refractivity contribution < 1.29 is 4.42 Å². The molecule has 0 spiro atoms. The molecule has 0 unspecified atom stereocenters. The van der Waals surface area contributed by atoms with Crippen LogP contribution in [-0.2, 0) is 0 Å². The van der Waals surface area contributed by atoms with E-state index in [0.29, 0.717) is 5.82 Å². The molecular formula is C18H16N4O. The number of allylic oxidation sites excluding steroid dienone is 2. The lowest BCUT2D eigenvalue weighted by Gasteiger charge is -1.93. The van der Waals surface area contributed by atoms with Gasteiger partial charge in [0.1, 0.15) is 11.5 Å². The van der Waals surface area contributed by atoms with E-state index in [1.807, 2.05) is 60.8 Å². The Hall–Kier alpha value is -2.95. The Bertz CT molecular complexity index is 972. The van der Waals surface area contributed by atoms with Gasteiger partial charge in [-0.15, -0.1) is 5.10 Å². The Balaban J connectivity index is 1.56. The second kappa shape index (κ2) is 5.35. The summed E-state index contributed by atoms with van der Waals surface area (Å²) in [5.41, 5.74) is 3.77. The van der Waals surface area contributed by atoms with Crippen molar-refractivity contribution in [2.75, 3.05) is 0 Å². The predicted molar refractivity (Wildman–Crippen MR) is 90.2 cm³/mol. The molecular weight excluding hydrogens is 288 g/mol. The van der Waals surface area contributed by atoms with E-state index in [2.05, 4.69) is 21.2 Å². The molecule has 4 rings (SSSR count). The van der Waals surface area contributed by atoms with Crippen molar-refractivity contribution in [1.82, 2.24) is 14.6 Å². The standard InChI is InChI=1S/C18H16N4O/c1-12-4-3-5-18-20-17(21-22(12)18)11-8-14-7-9-15(19-14)16-10-6-13(2)23-16/h3-6,8-11H,7H2,1-2H3/b11-8+. The molecule has 4 heterocycles. The van der Waals surface area contributed by atoms with Crippen LogP contribution in [0.5, 0.6) is 0 Å². The van der Waals surface area contributed by atoms with Crippen LogP contribution in [-0.4, -0.2) is 20.3 Å². The number of aliphatic imine (C=N–C) groups is 1. The SMILES string of the molecule is Cc1ccc(C2=CCC(/C=C/c3nc4cccc(C)n4n3)=N2)o1. The van der Waals surface area contributed by atoms with Crippen LogP contribution < -0.4 is 0 Å². The van der Waals surface area contributed by atoms with Gasteiger partial charge in [0.15, 0.2) is 17.2 Å². The first-order chi connectivity index (χ1) is 11.2. The molecule has 1 aliphatic rings. The Morgan fingerprint density at radius 2 is 2.04 bits per heavy atom. The van der Waals surface area contributed by atoms with Crippen LogP contribution in [0.4, 0.5) is 0 Å². The quantitative estimate of drug-likeness (QED) is 0.738. The normalized spacial score (nSPS) is 14.7. The van der Waals surface area contributed by atoms with Crippen LogP contribution in [0.3, 0.4) is 0 Å². The zero-order valence-corrected chi connectivity index (χ0v) is 13.0. The number of aryl methyl sites for hydroxylation is 2. The number of hydrogen-bond donors (Lipinski definition) is 0. The second-order valence-electron chi connectivity index (χ2n) is 5.55. The molecule has 114 valence electrons. The lowest BCUT2D eigenvalue weighted by Crippen LogP contribution is -1.92. The van der Waals surface area contributed by atoms with Gasteiger partial charge in [-0.3, -0.25) is 0 Å². The first kappa shape index (κ1) is 13.7. The number of furan rings is 1. The molecule has 0 saturated heterocycles. The molecule has 0 N–H and O–H groups in total. The molecule has 0 bridgehead atoms. The molecule has 0 aliphatic carbocycles. The first-order valence-corrected chi connectivity index (χ1v) is 7.54. The molecule has 1 aliphatic heterocycles. The Morgan fingerprint density at radius 1 is 1.13 bits per heavy atom. The predicted octanol–water partition coefficient (Wildman–Crippen LogP) is 3.84.